The molecule has 0 spiro atoms. The molecule has 4 heteroatoms. The maximum atomic E-state index is 13.0. The topological polar surface area (TPSA) is 68.3 Å². The van der Waals surface area contributed by atoms with Crippen molar-refractivity contribution in [1.29, 1.82) is 0 Å². The minimum Gasteiger partial charge on any atom is -0.294 e. The number of rotatable bonds is 2. The first-order chi connectivity index (χ1) is 11.3. The molecular weight excluding hydrogens is 304 g/mol. The normalized spacial score (nSPS) is 12.7. The number of carbonyl (C=O) groups excluding carboxylic acids is 4. The fraction of sp³-hybridized carbons (Fsp3) is 0.200. The van der Waals surface area contributed by atoms with Gasteiger partial charge < -0.3 is 0 Å². The van der Waals surface area contributed by atoms with Gasteiger partial charge in [0.05, 0.1) is 0 Å². The SMILES string of the molecule is CC(=O)c1c(C)c(C)c(C(C)=O)c2c1C(=O)c1ccccc1C2=O. The molecule has 0 fully saturated rings. The van der Waals surface area contributed by atoms with E-state index in [1.165, 1.54) is 13.8 Å². The lowest BCUT2D eigenvalue weighted by molar-refractivity contribution is 0.0956. The Morgan fingerprint density at radius 1 is 0.708 bits per heavy atom. The monoisotopic (exact) mass is 320 g/mol. The maximum absolute atomic E-state index is 13.0. The largest absolute Gasteiger partial charge is 0.294 e. The summed E-state index contributed by atoms with van der Waals surface area (Å²) in [4.78, 5) is 50.4. The second kappa shape index (κ2) is 5.34. The molecule has 0 heterocycles. The van der Waals surface area contributed by atoms with Crippen LogP contribution in [0.25, 0.3) is 0 Å². The Hall–Kier alpha value is -2.88. The van der Waals surface area contributed by atoms with Crippen molar-refractivity contribution in [2.24, 2.45) is 0 Å². The smallest absolute Gasteiger partial charge is 0.195 e. The van der Waals surface area contributed by atoms with E-state index in [4.69, 9.17) is 0 Å². The lowest BCUT2D eigenvalue weighted by atomic mass is 9.75. The van der Waals surface area contributed by atoms with E-state index in [-0.39, 0.29) is 56.5 Å². The van der Waals surface area contributed by atoms with Crippen molar-refractivity contribution >= 4 is 23.1 Å². The van der Waals surface area contributed by atoms with Gasteiger partial charge >= 0.3 is 0 Å². The van der Waals surface area contributed by atoms with E-state index >= 15 is 0 Å². The highest BCUT2D eigenvalue weighted by atomic mass is 16.1. The summed E-state index contributed by atoms with van der Waals surface area (Å²) in [5, 5.41) is 0. The van der Waals surface area contributed by atoms with Gasteiger partial charge in [-0.2, -0.15) is 0 Å². The summed E-state index contributed by atoms with van der Waals surface area (Å²) >= 11 is 0. The number of hydrogen-bond acceptors (Lipinski definition) is 4. The van der Waals surface area contributed by atoms with Gasteiger partial charge in [0.2, 0.25) is 0 Å². The Kier molecular flexibility index (Phi) is 3.56. The molecule has 0 bridgehead atoms. The van der Waals surface area contributed by atoms with Gasteiger partial charge in [0.1, 0.15) is 0 Å². The fourth-order valence-electron chi connectivity index (χ4n) is 3.48. The molecule has 2 aromatic rings. The summed E-state index contributed by atoms with van der Waals surface area (Å²) in [6.45, 7) is 6.15. The van der Waals surface area contributed by atoms with E-state index in [1.54, 1.807) is 38.1 Å². The Morgan fingerprint density at radius 2 is 1.04 bits per heavy atom. The molecule has 0 saturated heterocycles. The van der Waals surface area contributed by atoms with Crippen LogP contribution in [0.15, 0.2) is 24.3 Å². The van der Waals surface area contributed by atoms with Crippen LogP contribution in [0.2, 0.25) is 0 Å². The molecule has 4 nitrogen and oxygen atoms in total. The molecule has 24 heavy (non-hydrogen) atoms. The molecule has 2 aromatic carbocycles. The van der Waals surface area contributed by atoms with E-state index in [2.05, 4.69) is 0 Å². The summed E-state index contributed by atoms with van der Waals surface area (Å²) in [7, 11) is 0. The molecule has 1 aliphatic rings. The average molecular weight is 320 g/mol. The Morgan fingerprint density at radius 3 is 1.33 bits per heavy atom. The molecule has 1 aliphatic carbocycles. The highest BCUT2D eigenvalue weighted by Gasteiger charge is 2.37. The van der Waals surface area contributed by atoms with Gasteiger partial charge in [-0.3, -0.25) is 19.2 Å². The third-order valence-electron chi connectivity index (χ3n) is 4.64. The maximum Gasteiger partial charge on any atom is 0.195 e. The predicted molar refractivity (Wildman–Crippen MR) is 89.2 cm³/mol. The number of fused-ring (bicyclic) bond motifs is 2. The molecule has 120 valence electrons. The second-order valence-corrected chi connectivity index (χ2v) is 6.07. The molecule has 0 amide bonds. The molecule has 0 unspecified atom stereocenters. The highest BCUT2D eigenvalue weighted by Crippen LogP contribution is 2.36. The van der Waals surface area contributed by atoms with Gasteiger partial charge in [-0.05, 0) is 38.8 Å². The van der Waals surface area contributed by atoms with Gasteiger partial charge in [0.25, 0.3) is 0 Å². The average Bonchev–Trinajstić information content (AvgIpc) is 2.53. The zero-order valence-corrected chi connectivity index (χ0v) is 13.9. The van der Waals surface area contributed by atoms with Gasteiger partial charge in [-0.25, -0.2) is 0 Å². The number of carbonyl (C=O) groups is 4. The van der Waals surface area contributed by atoms with Crippen molar-refractivity contribution in [3.63, 3.8) is 0 Å². The first kappa shape index (κ1) is 16.0. The molecule has 0 aromatic heterocycles. The Bertz CT molecular complexity index is 886. The van der Waals surface area contributed by atoms with Gasteiger partial charge in [0.15, 0.2) is 23.1 Å². The van der Waals surface area contributed by atoms with Crippen LogP contribution in [0.4, 0.5) is 0 Å². The molecule has 0 atom stereocenters. The van der Waals surface area contributed by atoms with E-state index < -0.39 is 0 Å². The summed E-state index contributed by atoms with van der Waals surface area (Å²) < 4.78 is 0. The van der Waals surface area contributed by atoms with E-state index in [1.807, 2.05) is 0 Å². The molecule has 0 aliphatic heterocycles. The molecule has 0 saturated carbocycles. The molecule has 3 rings (SSSR count). The standard InChI is InChI=1S/C20H16O4/c1-9-10(2)16(12(4)22)18-17(15(9)11(3)21)19(23)13-7-5-6-8-14(13)20(18)24/h5-8H,1-4H3. The van der Waals surface area contributed by atoms with Crippen LogP contribution < -0.4 is 0 Å². The van der Waals surface area contributed by atoms with Gasteiger partial charge in [-0.15, -0.1) is 0 Å². The van der Waals surface area contributed by atoms with Crippen LogP contribution in [-0.2, 0) is 0 Å². The lowest BCUT2D eigenvalue weighted by Gasteiger charge is -2.24. The quantitative estimate of drug-likeness (QED) is 0.678. The third kappa shape index (κ3) is 1.99. The minimum atomic E-state index is -0.379. The number of benzene rings is 2. The lowest BCUT2D eigenvalue weighted by Crippen LogP contribution is -2.28. The van der Waals surface area contributed by atoms with Crippen molar-refractivity contribution < 1.29 is 19.2 Å². The van der Waals surface area contributed by atoms with E-state index in [0.29, 0.717) is 11.1 Å². The summed E-state index contributed by atoms with van der Waals surface area (Å²) in [6.07, 6.45) is 0. The minimum absolute atomic E-state index is 0.0690. The fourth-order valence-corrected chi connectivity index (χ4v) is 3.48. The first-order valence-electron chi connectivity index (χ1n) is 7.64. The molecular formula is C20H16O4. The molecule has 0 radical (unpaired) electrons. The summed E-state index contributed by atoms with van der Waals surface area (Å²) in [5.74, 6) is -1.34. The van der Waals surface area contributed by atoms with Crippen LogP contribution in [0, 0.1) is 13.8 Å². The van der Waals surface area contributed by atoms with Crippen LogP contribution in [0.1, 0.15) is 77.5 Å². The number of Topliss-reactive ketones (excluding diaryl/α,β-unsaturated/α-hetero) is 2. The number of ketones is 4. The van der Waals surface area contributed by atoms with Crippen molar-refractivity contribution in [3.05, 3.63) is 68.8 Å². The number of hydrogen-bond donors (Lipinski definition) is 0. The zero-order valence-electron chi connectivity index (χ0n) is 13.9. The predicted octanol–water partition coefficient (Wildman–Crippen LogP) is 3.48. The summed E-state index contributed by atoms with van der Waals surface area (Å²) in [6, 6.07) is 6.50. The van der Waals surface area contributed by atoms with Crippen LogP contribution in [0.5, 0.6) is 0 Å². The summed E-state index contributed by atoms with van der Waals surface area (Å²) in [5.41, 5.74) is 2.31. The van der Waals surface area contributed by atoms with Crippen molar-refractivity contribution in [1.82, 2.24) is 0 Å². The van der Waals surface area contributed by atoms with Crippen LogP contribution in [-0.4, -0.2) is 23.1 Å². The Labute approximate surface area is 139 Å². The Balaban J connectivity index is 2.55. The van der Waals surface area contributed by atoms with Gasteiger partial charge in [0, 0.05) is 33.4 Å². The van der Waals surface area contributed by atoms with Crippen molar-refractivity contribution in [2.45, 2.75) is 27.7 Å². The second-order valence-electron chi connectivity index (χ2n) is 6.07. The van der Waals surface area contributed by atoms with Gasteiger partial charge in [-0.1, -0.05) is 24.3 Å². The zero-order chi connectivity index (χ0) is 17.8. The van der Waals surface area contributed by atoms with E-state index in [9.17, 15) is 19.2 Å². The first-order valence-corrected chi connectivity index (χ1v) is 7.64. The third-order valence-corrected chi connectivity index (χ3v) is 4.64. The molecule has 0 N–H and O–H groups in total. The van der Waals surface area contributed by atoms with Crippen LogP contribution in [0.3, 0.4) is 0 Å². The van der Waals surface area contributed by atoms with Crippen molar-refractivity contribution in [2.75, 3.05) is 0 Å². The van der Waals surface area contributed by atoms with E-state index in [0.717, 1.165) is 0 Å². The van der Waals surface area contributed by atoms with Crippen LogP contribution >= 0.6 is 0 Å². The van der Waals surface area contributed by atoms with Crippen molar-refractivity contribution in [3.8, 4) is 0 Å². The highest BCUT2D eigenvalue weighted by molar-refractivity contribution is 6.33.